The number of nitrogens with zero attached hydrogens (tertiary/aromatic N) is 1. The molecule has 0 bridgehead atoms. The Morgan fingerprint density at radius 3 is 2.62 bits per heavy atom. The SMILES string of the molecule is CCCOc1ncccc1CNC(=O)c1cc(S(=O)(=O)Nc2cccc(C)c2)ccc1C. The molecule has 0 radical (unpaired) electrons. The number of aryl methyl sites for hydroxylation is 2. The molecule has 3 aromatic rings. The van der Waals surface area contributed by atoms with E-state index in [1.165, 1.54) is 12.1 Å². The number of pyridine rings is 1. The molecule has 0 saturated carbocycles. The van der Waals surface area contributed by atoms with Crippen LogP contribution in [0, 0.1) is 13.8 Å². The summed E-state index contributed by atoms with van der Waals surface area (Å²) in [4.78, 5) is 17.1. The second-order valence-corrected chi connectivity index (χ2v) is 9.13. The van der Waals surface area contributed by atoms with Crippen molar-refractivity contribution in [3.8, 4) is 5.88 Å². The number of anilines is 1. The van der Waals surface area contributed by atoms with E-state index in [9.17, 15) is 13.2 Å². The summed E-state index contributed by atoms with van der Waals surface area (Å²) in [6.45, 7) is 6.39. The maximum atomic E-state index is 12.9. The Morgan fingerprint density at radius 2 is 1.88 bits per heavy atom. The summed E-state index contributed by atoms with van der Waals surface area (Å²) in [5.41, 5.74) is 3.11. The summed E-state index contributed by atoms with van der Waals surface area (Å²) in [6, 6.07) is 15.2. The predicted octanol–water partition coefficient (Wildman–Crippen LogP) is 4.22. The first-order chi connectivity index (χ1) is 15.3. The third-order valence-electron chi connectivity index (χ3n) is 4.77. The maximum absolute atomic E-state index is 12.9. The first kappa shape index (κ1) is 23.3. The average Bonchev–Trinajstić information content (AvgIpc) is 2.76. The van der Waals surface area contributed by atoms with Crippen LogP contribution >= 0.6 is 0 Å². The molecule has 0 aliphatic heterocycles. The van der Waals surface area contributed by atoms with E-state index in [0.29, 0.717) is 23.7 Å². The van der Waals surface area contributed by atoms with Crippen LogP contribution in [-0.2, 0) is 16.6 Å². The molecule has 32 heavy (non-hydrogen) atoms. The van der Waals surface area contributed by atoms with Gasteiger partial charge in [-0.05, 0) is 61.7 Å². The number of benzene rings is 2. The van der Waals surface area contributed by atoms with Crippen LogP contribution < -0.4 is 14.8 Å². The molecule has 0 saturated heterocycles. The van der Waals surface area contributed by atoms with Gasteiger partial charge in [0.25, 0.3) is 15.9 Å². The fourth-order valence-electron chi connectivity index (χ4n) is 3.09. The van der Waals surface area contributed by atoms with Gasteiger partial charge < -0.3 is 10.1 Å². The number of carbonyl (C=O) groups is 1. The standard InChI is InChI=1S/C24H27N3O4S/c1-4-13-31-24-19(8-6-12-25-24)16-26-23(28)22-15-21(11-10-18(22)3)32(29,30)27-20-9-5-7-17(2)14-20/h5-12,14-15,27H,4,13,16H2,1-3H3,(H,26,28). The first-order valence-corrected chi connectivity index (χ1v) is 11.8. The highest BCUT2D eigenvalue weighted by atomic mass is 32.2. The Hall–Kier alpha value is -3.39. The van der Waals surface area contributed by atoms with Crippen molar-refractivity contribution in [2.45, 2.75) is 38.6 Å². The van der Waals surface area contributed by atoms with Crippen molar-refractivity contribution in [3.05, 3.63) is 83.0 Å². The molecule has 0 aliphatic rings. The fourth-order valence-corrected chi connectivity index (χ4v) is 4.17. The van der Waals surface area contributed by atoms with Crippen LogP contribution in [0.2, 0.25) is 0 Å². The van der Waals surface area contributed by atoms with Crippen molar-refractivity contribution in [1.82, 2.24) is 10.3 Å². The number of hydrogen-bond donors (Lipinski definition) is 2. The van der Waals surface area contributed by atoms with Gasteiger partial charge in [-0.25, -0.2) is 13.4 Å². The minimum absolute atomic E-state index is 0.0168. The van der Waals surface area contributed by atoms with Crippen LogP contribution in [0.3, 0.4) is 0 Å². The van der Waals surface area contributed by atoms with Crippen molar-refractivity contribution < 1.29 is 17.9 Å². The highest BCUT2D eigenvalue weighted by molar-refractivity contribution is 7.92. The summed E-state index contributed by atoms with van der Waals surface area (Å²) in [5, 5.41) is 2.83. The van der Waals surface area contributed by atoms with Gasteiger partial charge in [-0.3, -0.25) is 9.52 Å². The molecule has 7 nitrogen and oxygen atoms in total. The van der Waals surface area contributed by atoms with Crippen LogP contribution in [0.25, 0.3) is 0 Å². The minimum atomic E-state index is -3.85. The van der Waals surface area contributed by atoms with Crippen molar-refractivity contribution in [1.29, 1.82) is 0 Å². The van der Waals surface area contributed by atoms with Crippen LogP contribution in [0.4, 0.5) is 5.69 Å². The number of carbonyl (C=O) groups excluding carboxylic acids is 1. The molecular formula is C24H27N3O4S. The second-order valence-electron chi connectivity index (χ2n) is 7.45. The van der Waals surface area contributed by atoms with Gasteiger partial charge in [-0.2, -0.15) is 0 Å². The van der Waals surface area contributed by atoms with Gasteiger partial charge >= 0.3 is 0 Å². The van der Waals surface area contributed by atoms with Crippen molar-refractivity contribution in [2.24, 2.45) is 0 Å². The van der Waals surface area contributed by atoms with Crippen molar-refractivity contribution >= 4 is 21.6 Å². The summed E-state index contributed by atoms with van der Waals surface area (Å²) in [5.74, 6) is 0.102. The van der Waals surface area contributed by atoms with Gasteiger partial charge in [0.2, 0.25) is 5.88 Å². The van der Waals surface area contributed by atoms with E-state index < -0.39 is 10.0 Å². The van der Waals surface area contributed by atoms with Crippen LogP contribution in [0.5, 0.6) is 5.88 Å². The van der Waals surface area contributed by atoms with E-state index in [1.807, 2.05) is 26.0 Å². The number of hydrogen-bond acceptors (Lipinski definition) is 5. The predicted molar refractivity (Wildman–Crippen MR) is 124 cm³/mol. The van der Waals surface area contributed by atoms with Crippen LogP contribution in [0.15, 0.2) is 65.7 Å². The second kappa shape index (κ2) is 10.3. The summed E-state index contributed by atoms with van der Waals surface area (Å²) in [6.07, 6.45) is 2.48. The van der Waals surface area contributed by atoms with Gasteiger partial charge in [0.15, 0.2) is 0 Å². The number of nitrogens with one attached hydrogen (secondary N) is 2. The van der Waals surface area contributed by atoms with Gasteiger partial charge in [-0.15, -0.1) is 0 Å². The molecule has 0 spiro atoms. The Labute approximate surface area is 188 Å². The molecule has 1 amide bonds. The Kier molecular flexibility index (Phi) is 7.48. The summed E-state index contributed by atoms with van der Waals surface area (Å²) < 4.78 is 33.9. The smallest absolute Gasteiger partial charge is 0.261 e. The fraction of sp³-hybridized carbons (Fsp3) is 0.250. The number of rotatable bonds is 9. The molecule has 168 valence electrons. The zero-order valence-corrected chi connectivity index (χ0v) is 19.2. The molecule has 0 fully saturated rings. The third-order valence-corrected chi connectivity index (χ3v) is 6.15. The molecule has 2 N–H and O–H groups in total. The van der Waals surface area contributed by atoms with Gasteiger partial charge in [0.1, 0.15) is 0 Å². The lowest BCUT2D eigenvalue weighted by atomic mass is 10.1. The number of sulfonamides is 1. The zero-order chi connectivity index (χ0) is 23.1. The monoisotopic (exact) mass is 453 g/mol. The summed E-state index contributed by atoms with van der Waals surface area (Å²) in [7, 11) is -3.85. The molecule has 0 atom stereocenters. The normalized spacial score (nSPS) is 11.1. The minimum Gasteiger partial charge on any atom is -0.477 e. The molecule has 8 heteroatoms. The van der Waals surface area contributed by atoms with E-state index in [-0.39, 0.29) is 22.9 Å². The van der Waals surface area contributed by atoms with E-state index >= 15 is 0 Å². The lowest BCUT2D eigenvalue weighted by molar-refractivity contribution is 0.0949. The highest BCUT2D eigenvalue weighted by Gasteiger charge is 2.19. The highest BCUT2D eigenvalue weighted by Crippen LogP contribution is 2.21. The molecule has 1 heterocycles. The molecule has 0 unspecified atom stereocenters. The van der Waals surface area contributed by atoms with Crippen molar-refractivity contribution in [3.63, 3.8) is 0 Å². The number of ether oxygens (including phenoxy) is 1. The van der Waals surface area contributed by atoms with E-state index in [4.69, 9.17) is 4.74 Å². The van der Waals surface area contributed by atoms with Crippen LogP contribution in [-0.4, -0.2) is 25.9 Å². The third kappa shape index (κ3) is 5.85. The molecule has 2 aromatic carbocycles. The van der Waals surface area contributed by atoms with Gasteiger partial charge in [-0.1, -0.05) is 31.2 Å². The topological polar surface area (TPSA) is 97.4 Å². The van der Waals surface area contributed by atoms with E-state index in [2.05, 4.69) is 15.0 Å². The van der Waals surface area contributed by atoms with Crippen LogP contribution in [0.1, 0.15) is 40.4 Å². The molecule has 1 aromatic heterocycles. The maximum Gasteiger partial charge on any atom is 0.261 e. The average molecular weight is 454 g/mol. The lowest BCUT2D eigenvalue weighted by Gasteiger charge is -2.13. The van der Waals surface area contributed by atoms with Gasteiger partial charge in [0, 0.05) is 29.6 Å². The Morgan fingerprint density at radius 1 is 1.06 bits per heavy atom. The van der Waals surface area contributed by atoms with Gasteiger partial charge in [0.05, 0.1) is 11.5 Å². The van der Waals surface area contributed by atoms with E-state index in [0.717, 1.165) is 17.5 Å². The number of amides is 1. The first-order valence-electron chi connectivity index (χ1n) is 10.3. The molecular weight excluding hydrogens is 426 g/mol. The Balaban J connectivity index is 1.77. The Bertz CT molecular complexity index is 1210. The lowest BCUT2D eigenvalue weighted by Crippen LogP contribution is -2.25. The quantitative estimate of drug-likeness (QED) is 0.506. The number of aromatic nitrogens is 1. The van der Waals surface area contributed by atoms with E-state index in [1.54, 1.807) is 43.5 Å². The molecule has 0 aliphatic carbocycles. The molecule has 3 rings (SSSR count). The summed E-state index contributed by atoms with van der Waals surface area (Å²) >= 11 is 0. The largest absolute Gasteiger partial charge is 0.477 e. The van der Waals surface area contributed by atoms with Crippen molar-refractivity contribution in [2.75, 3.05) is 11.3 Å². The zero-order valence-electron chi connectivity index (χ0n) is 18.4.